The standard InChI is InChI=1S/C12H21F2N5O/c1-6-9(16-5-7(20)8(13)14)17-11(12(2,3)4)18-10(6)19-15/h7-8,20H,5,15H2,1-4H3,(H2,16,17,18,19). The van der Waals surface area contributed by atoms with Gasteiger partial charge in [-0.05, 0) is 6.92 Å². The number of hydrazine groups is 1. The van der Waals surface area contributed by atoms with E-state index in [0.717, 1.165) is 0 Å². The topological polar surface area (TPSA) is 96.1 Å². The second-order valence-corrected chi connectivity index (χ2v) is 5.55. The van der Waals surface area contributed by atoms with Gasteiger partial charge in [-0.2, -0.15) is 0 Å². The molecule has 1 atom stereocenters. The fraction of sp³-hybridized carbons (Fsp3) is 0.667. The van der Waals surface area contributed by atoms with Crippen LogP contribution in [-0.4, -0.2) is 34.1 Å². The van der Waals surface area contributed by atoms with Crippen LogP contribution >= 0.6 is 0 Å². The van der Waals surface area contributed by atoms with E-state index >= 15 is 0 Å². The molecule has 0 spiro atoms. The molecule has 114 valence electrons. The Morgan fingerprint density at radius 2 is 1.80 bits per heavy atom. The largest absolute Gasteiger partial charge is 0.385 e. The first kappa shape index (κ1) is 16.5. The summed E-state index contributed by atoms with van der Waals surface area (Å²) in [4.78, 5) is 8.60. The average Bonchev–Trinajstić information content (AvgIpc) is 2.35. The number of nitrogen functional groups attached to an aromatic ring is 1. The average molecular weight is 289 g/mol. The molecule has 0 saturated carbocycles. The number of nitrogens with zero attached hydrogens (tertiary/aromatic N) is 2. The van der Waals surface area contributed by atoms with Gasteiger partial charge in [-0.1, -0.05) is 20.8 Å². The van der Waals surface area contributed by atoms with Gasteiger partial charge in [0.15, 0.2) is 0 Å². The summed E-state index contributed by atoms with van der Waals surface area (Å²) in [6, 6.07) is 0. The number of aliphatic hydroxyl groups is 1. The lowest BCUT2D eigenvalue weighted by atomic mass is 9.95. The van der Waals surface area contributed by atoms with Crippen LogP contribution in [0.3, 0.4) is 0 Å². The molecule has 1 rings (SSSR count). The van der Waals surface area contributed by atoms with E-state index in [1.807, 2.05) is 20.8 Å². The number of rotatable bonds is 5. The van der Waals surface area contributed by atoms with E-state index in [0.29, 0.717) is 23.0 Å². The zero-order valence-corrected chi connectivity index (χ0v) is 12.0. The molecule has 1 unspecified atom stereocenters. The molecule has 0 aliphatic rings. The van der Waals surface area contributed by atoms with Crippen LogP contribution in [0.5, 0.6) is 0 Å². The molecule has 1 heterocycles. The Labute approximate surface area is 116 Å². The number of anilines is 2. The van der Waals surface area contributed by atoms with Crippen LogP contribution in [0.1, 0.15) is 32.2 Å². The Bertz CT molecular complexity index is 462. The minimum atomic E-state index is -2.81. The zero-order valence-electron chi connectivity index (χ0n) is 12.0. The maximum Gasteiger partial charge on any atom is 0.265 e. The van der Waals surface area contributed by atoms with Crippen molar-refractivity contribution >= 4 is 11.6 Å². The maximum absolute atomic E-state index is 12.3. The highest BCUT2D eigenvalue weighted by Gasteiger charge is 2.22. The number of nitrogens with one attached hydrogen (secondary N) is 2. The van der Waals surface area contributed by atoms with Crippen LogP contribution in [0.4, 0.5) is 20.4 Å². The minimum absolute atomic E-state index is 0.302. The zero-order chi connectivity index (χ0) is 15.5. The number of nitrogens with two attached hydrogens (primary N) is 1. The van der Waals surface area contributed by atoms with Crippen molar-refractivity contribution in [1.29, 1.82) is 0 Å². The van der Waals surface area contributed by atoms with E-state index in [9.17, 15) is 8.78 Å². The normalized spacial score (nSPS) is 13.4. The first-order valence-corrected chi connectivity index (χ1v) is 6.22. The summed E-state index contributed by atoms with van der Waals surface area (Å²) in [5.74, 6) is 6.71. The lowest BCUT2D eigenvalue weighted by molar-refractivity contribution is 0.00380. The Morgan fingerprint density at radius 3 is 2.25 bits per heavy atom. The molecule has 0 radical (unpaired) electrons. The highest BCUT2D eigenvalue weighted by Crippen LogP contribution is 2.25. The molecule has 8 heteroatoms. The third-order valence-corrected chi connectivity index (χ3v) is 2.72. The van der Waals surface area contributed by atoms with Crippen LogP contribution in [-0.2, 0) is 5.41 Å². The van der Waals surface area contributed by atoms with Crippen molar-refractivity contribution in [2.45, 2.75) is 45.6 Å². The smallest absolute Gasteiger partial charge is 0.265 e. The molecule has 0 bridgehead atoms. The molecule has 0 aliphatic carbocycles. The van der Waals surface area contributed by atoms with Gasteiger partial charge in [0, 0.05) is 17.5 Å². The number of alkyl halides is 2. The van der Waals surface area contributed by atoms with Crippen LogP contribution < -0.4 is 16.6 Å². The van der Waals surface area contributed by atoms with Crippen molar-refractivity contribution < 1.29 is 13.9 Å². The summed E-state index contributed by atoms with van der Waals surface area (Å²) in [6.45, 7) is 7.18. The molecule has 1 aromatic rings. The second kappa shape index (κ2) is 6.27. The van der Waals surface area contributed by atoms with Gasteiger partial charge in [0.2, 0.25) is 0 Å². The summed E-state index contributed by atoms with van der Waals surface area (Å²) < 4.78 is 24.6. The summed E-state index contributed by atoms with van der Waals surface area (Å²) in [7, 11) is 0. The van der Waals surface area contributed by atoms with Crippen LogP contribution in [0.2, 0.25) is 0 Å². The summed E-state index contributed by atoms with van der Waals surface area (Å²) >= 11 is 0. The van der Waals surface area contributed by atoms with Crippen molar-refractivity contribution in [1.82, 2.24) is 9.97 Å². The quantitative estimate of drug-likeness (QED) is 0.483. The van der Waals surface area contributed by atoms with Crippen molar-refractivity contribution in [3.8, 4) is 0 Å². The number of halogens is 2. The van der Waals surface area contributed by atoms with E-state index in [4.69, 9.17) is 10.9 Å². The van der Waals surface area contributed by atoms with Crippen molar-refractivity contribution in [2.24, 2.45) is 5.84 Å². The number of aromatic nitrogens is 2. The molecular weight excluding hydrogens is 268 g/mol. The summed E-state index contributed by atoms with van der Waals surface area (Å²) in [6.07, 6.45) is -4.56. The Hall–Kier alpha value is -1.54. The van der Waals surface area contributed by atoms with Gasteiger partial charge in [-0.3, -0.25) is 0 Å². The van der Waals surface area contributed by atoms with Crippen molar-refractivity contribution in [3.63, 3.8) is 0 Å². The molecule has 6 nitrogen and oxygen atoms in total. The third-order valence-electron chi connectivity index (χ3n) is 2.72. The minimum Gasteiger partial charge on any atom is -0.385 e. The van der Waals surface area contributed by atoms with Crippen LogP contribution in [0.15, 0.2) is 0 Å². The highest BCUT2D eigenvalue weighted by molar-refractivity contribution is 5.57. The van der Waals surface area contributed by atoms with Gasteiger partial charge in [-0.15, -0.1) is 0 Å². The molecule has 0 aromatic carbocycles. The predicted octanol–water partition coefficient (Wildman–Crippen LogP) is 1.41. The number of hydrogen-bond acceptors (Lipinski definition) is 6. The van der Waals surface area contributed by atoms with Crippen molar-refractivity contribution in [2.75, 3.05) is 17.3 Å². The Kier molecular flexibility index (Phi) is 5.18. The Balaban J connectivity index is 3.05. The first-order chi connectivity index (χ1) is 9.16. The molecular formula is C12H21F2N5O. The van der Waals surface area contributed by atoms with E-state index in [2.05, 4.69) is 20.7 Å². The monoisotopic (exact) mass is 289 g/mol. The lowest BCUT2D eigenvalue weighted by Gasteiger charge is -2.21. The number of aliphatic hydroxyl groups excluding tert-OH is 1. The van der Waals surface area contributed by atoms with Gasteiger partial charge in [0.25, 0.3) is 6.43 Å². The summed E-state index contributed by atoms with van der Waals surface area (Å²) in [5, 5.41) is 11.8. The lowest BCUT2D eigenvalue weighted by Crippen LogP contribution is -2.28. The van der Waals surface area contributed by atoms with Gasteiger partial charge in [-0.25, -0.2) is 24.6 Å². The van der Waals surface area contributed by atoms with E-state index in [1.54, 1.807) is 6.92 Å². The van der Waals surface area contributed by atoms with E-state index in [1.165, 1.54) is 0 Å². The van der Waals surface area contributed by atoms with Gasteiger partial charge < -0.3 is 15.8 Å². The summed E-state index contributed by atoms with van der Waals surface area (Å²) in [5.41, 5.74) is 2.73. The van der Waals surface area contributed by atoms with E-state index in [-0.39, 0.29) is 12.0 Å². The molecule has 0 amide bonds. The van der Waals surface area contributed by atoms with Gasteiger partial charge in [0.1, 0.15) is 23.6 Å². The third kappa shape index (κ3) is 3.97. The van der Waals surface area contributed by atoms with Crippen LogP contribution in [0.25, 0.3) is 0 Å². The molecule has 0 aliphatic heterocycles. The second-order valence-electron chi connectivity index (χ2n) is 5.55. The fourth-order valence-corrected chi connectivity index (χ4v) is 1.46. The number of hydrogen-bond donors (Lipinski definition) is 4. The predicted molar refractivity (Wildman–Crippen MR) is 73.8 cm³/mol. The molecule has 0 saturated heterocycles. The van der Waals surface area contributed by atoms with Crippen molar-refractivity contribution in [3.05, 3.63) is 11.4 Å². The molecule has 20 heavy (non-hydrogen) atoms. The molecule has 1 aromatic heterocycles. The van der Waals surface area contributed by atoms with E-state index < -0.39 is 12.5 Å². The van der Waals surface area contributed by atoms with Crippen LogP contribution in [0, 0.1) is 6.92 Å². The van der Waals surface area contributed by atoms with Gasteiger partial charge in [0.05, 0.1) is 0 Å². The molecule has 5 N–H and O–H groups in total. The SMILES string of the molecule is Cc1c(NN)nc(C(C)(C)C)nc1NCC(O)C(F)F. The fourth-order valence-electron chi connectivity index (χ4n) is 1.46. The molecule has 0 fully saturated rings. The highest BCUT2D eigenvalue weighted by atomic mass is 19.3. The first-order valence-electron chi connectivity index (χ1n) is 6.22. The Morgan fingerprint density at radius 1 is 1.25 bits per heavy atom. The van der Waals surface area contributed by atoms with Gasteiger partial charge >= 0.3 is 0 Å². The maximum atomic E-state index is 12.3.